The third-order valence-electron chi connectivity index (χ3n) is 4.45. The Bertz CT molecular complexity index is 1010. The van der Waals surface area contributed by atoms with E-state index in [1.165, 1.54) is 22.2 Å². The van der Waals surface area contributed by atoms with Crippen LogP contribution in [0.25, 0.3) is 10.9 Å². The monoisotopic (exact) mass is 391 g/mol. The van der Waals surface area contributed by atoms with E-state index in [-0.39, 0.29) is 6.04 Å². The summed E-state index contributed by atoms with van der Waals surface area (Å²) in [6.45, 7) is 2.13. The quantitative estimate of drug-likeness (QED) is 0.458. The van der Waals surface area contributed by atoms with Crippen LogP contribution >= 0.6 is 15.9 Å². The molecule has 4 heteroatoms. The summed E-state index contributed by atoms with van der Waals surface area (Å²) < 4.78 is 1.05. The molecule has 0 saturated heterocycles. The minimum Gasteiger partial charge on any atom is -0.373 e. The van der Waals surface area contributed by atoms with Crippen LogP contribution < -0.4 is 5.32 Å². The van der Waals surface area contributed by atoms with Crippen molar-refractivity contribution in [1.82, 2.24) is 9.97 Å². The zero-order valence-corrected chi connectivity index (χ0v) is 15.4. The van der Waals surface area contributed by atoms with Crippen molar-refractivity contribution in [3.8, 4) is 0 Å². The molecule has 0 aliphatic rings. The minimum atomic E-state index is 0.0258. The second-order valence-corrected chi connectivity index (χ2v) is 6.90. The number of aryl methyl sites for hydroxylation is 1. The third kappa shape index (κ3) is 3.05. The lowest BCUT2D eigenvalue weighted by Crippen LogP contribution is -2.13. The van der Waals surface area contributed by atoms with Crippen molar-refractivity contribution in [3.05, 3.63) is 94.4 Å². The Morgan fingerprint density at radius 1 is 0.960 bits per heavy atom. The Balaban J connectivity index is 1.88. The number of aromatic nitrogens is 2. The molecule has 4 aromatic rings. The summed E-state index contributed by atoms with van der Waals surface area (Å²) in [4.78, 5) is 7.68. The number of para-hydroxylation sites is 2. The van der Waals surface area contributed by atoms with Crippen LogP contribution in [0.1, 0.15) is 22.9 Å². The largest absolute Gasteiger partial charge is 0.373 e. The fourth-order valence-corrected chi connectivity index (χ4v) is 3.68. The van der Waals surface area contributed by atoms with Crippen molar-refractivity contribution >= 4 is 32.5 Å². The molecule has 2 N–H and O–H groups in total. The van der Waals surface area contributed by atoms with Crippen LogP contribution in [0.4, 0.5) is 5.69 Å². The van der Waals surface area contributed by atoms with Gasteiger partial charge in [0.2, 0.25) is 0 Å². The first-order chi connectivity index (χ1) is 12.2. The van der Waals surface area contributed by atoms with Gasteiger partial charge in [0, 0.05) is 44.7 Å². The number of H-pyrrole nitrogens is 1. The summed E-state index contributed by atoms with van der Waals surface area (Å²) in [5.41, 5.74) is 5.83. The fraction of sp³-hybridized carbons (Fsp3) is 0.0952. The number of rotatable bonds is 4. The Labute approximate surface area is 155 Å². The van der Waals surface area contributed by atoms with Gasteiger partial charge < -0.3 is 10.3 Å². The van der Waals surface area contributed by atoms with Gasteiger partial charge in [-0.15, -0.1) is 0 Å². The minimum absolute atomic E-state index is 0.0258. The summed E-state index contributed by atoms with van der Waals surface area (Å²) in [6.07, 6.45) is 3.68. The second-order valence-electron chi connectivity index (χ2n) is 6.05. The maximum atomic E-state index is 4.17. The standard InChI is InChI=1S/C21H18BrN3/c1-14-20(16-6-2-4-8-18(16)24-14)21(15-10-12-23-13-11-15)25-19-9-5-3-7-17(19)22/h2-13,21,24-25H,1H3. The highest BCUT2D eigenvalue weighted by atomic mass is 79.9. The van der Waals surface area contributed by atoms with Gasteiger partial charge >= 0.3 is 0 Å². The van der Waals surface area contributed by atoms with Crippen LogP contribution in [0.5, 0.6) is 0 Å². The molecule has 4 rings (SSSR count). The highest BCUT2D eigenvalue weighted by Crippen LogP contribution is 2.35. The van der Waals surface area contributed by atoms with E-state index in [9.17, 15) is 0 Å². The second kappa shape index (κ2) is 6.73. The van der Waals surface area contributed by atoms with E-state index in [1.807, 2.05) is 30.6 Å². The number of nitrogens with zero attached hydrogens (tertiary/aromatic N) is 1. The van der Waals surface area contributed by atoms with Crippen LogP contribution in [-0.4, -0.2) is 9.97 Å². The SMILES string of the molecule is Cc1[nH]c2ccccc2c1C(Nc1ccccc1Br)c1ccncc1. The molecule has 0 aliphatic heterocycles. The van der Waals surface area contributed by atoms with Crippen LogP contribution in [-0.2, 0) is 0 Å². The predicted molar refractivity (Wildman–Crippen MR) is 107 cm³/mol. The van der Waals surface area contributed by atoms with E-state index < -0.39 is 0 Å². The molecule has 0 spiro atoms. The first-order valence-electron chi connectivity index (χ1n) is 8.22. The van der Waals surface area contributed by atoms with Crippen LogP contribution in [0.2, 0.25) is 0 Å². The molecule has 1 unspecified atom stereocenters. The van der Waals surface area contributed by atoms with Gasteiger partial charge in [0.15, 0.2) is 0 Å². The summed E-state index contributed by atoms with van der Waals surface area (Å²) in [5, 5.41) is 4.94. The topological polar surface area (TPSA) is 40.7 Å². The number of halogens is 1. The first kappa shape index (κ1) is 15.9. The molecule has 0 radical (unpaired) electrons. The number of benzene rings is 2. The van der Waals surface area contributed by atoms with Gasteiger partial charge in [-0.2, -0.15) is 0 Å². The summed E-state index contributed by atoms with van der Waals surface area (Å²) in [7, 11) is 0. The molecule has 0 aliphatic carbocycles. The Morgan fingerprint density at radius 2 is 1.68 bits per heavy atom. The Morgan fingerprint density at radius 3 is 2.48 bits per heavy atom. The van der Waals surface area contributed by atoms with Gasteiger partial charge in [-0.3, -0.25) is 4.98 Å². The molecular formula is C21H18BrN3. The zero-order chi connectivity index (χ0) is 17.2. The average Bonchev–Trinajstić information content (AvgIpc) is 2.97. The zero-order valence-electron chi connectivity index (χ0n) is 13.8. The number of hydrogen-bond donors (Lipinski definition) is 2. The number of pyridine rings is 1. The van der Waals surface area contributed by atoms with Crippen molar-refractivity contribution in [3.63, 3.8) is 0 Å². The van der Waals surface area contributed by atoms with E-state index in [0.717, 1.165) is 15.7 Å². The Hall–Kier alpha value is -2.59. The summed E-state index contributed by atoms with van der Waals surface area (Å²) in [5.74, 6) is 0. The molecule has 0 bridgehead atoms. The smallest absolute Gasteiger partial charge is 0.0792 e. The first-order valence-corrected chi connectivity index (χ1v) is 9.01. The van der Waals surface area contributed by atoms with Gasteiger partial charge in [0.25, 0.3) is 0 Å². The van der Waals surface area contributed by atoms with Crippen molar-refractivity contribution < 1.29 is 0 Å². The van der Waals surface area contributed by atoms with Gasteiger partial charge in [-0.05, 0) is 58.7 Å². The van der Waals surface area contributed by atoms with Gasteiger partial charge in [-0.1, -0.05) is 30.3 Å². The Kier molecular flexibility index (Phi) is 4.28. The van der Waals surface area contributed by atoms with Crippen molar-refractivity contribution in [2.75, 3.05) is 5.32 Å². The van der Waals surface area contributed by atoms with Gasteiger partial charge in [0.1, 0.15) is 0 Å². The van der Waals surface area contributed by atoms with Crippen LogP contribution in [0.15, 0.2) is 77.5 Å². The lowest BCUT2D eigenvalue weighted by molar-refractivity contribution is 0.927. The van der Waals surface area contributed by atoms with Crippen LogP contribution in [0, 0.1) is 6.92 Å². The number of nitrogens with one attached hydrogen (secondary N) is 2. The molecule has 3 nitrogen and oxygen atoms in total. The van der Waals surface area contributed by atoms with E-state index in [4.69, 9.17) is 0 Å². The number of aromatic amines is 1. The number of anilines is 1. The van der Waals surface area contributed by atoms with Crippen molar-refractivity contribution in [1.29, 1.82) is 0 Å². The molecule has 2 heterocycles. The number of hydrogen-bond acceptors (Lipinski definition) is 2. The maximum Gasteiger partial charge on any atom is 0.0792 e. The molecule has 25 heavy (non-hydrogen) atoms. The van der Waals surface area contributed by atoms with E-state index >= 15 is 0 Å². The maximum absolute atomic E-state index is 4.17. The average molecular weight is 392 g/mol. The van der Waals surface area contributed by atoms with E-state index in [0.29, 0.717) is 0 Å². The van der Waals surface area contributed by atoms with Gasteiger partial charge in [0.05, 0.1) is 6.04 Å². The number of fused-ring (bicyclic) bond motifs is 1. The van der Waals surface area contributed by atoms with E-state index in [2.05, 4.69) is 80.6 Å². The highest BCUT2D eigenvalue weighted by molar-refractivity contribution is 9.10. The van der Waals surface area contributed by atoms with Crippen molar-refractivity contribution in [2.45, 2.75) is 13.0 Å². The van der Waals surface area contributed by atoms with Crippen molar-refractivity contribution in [2.24, 2.45) is 0 Å². The molecule has 0 saturated carbocycles. The molecular weight excluding hydrogens is 374 g/mol. The molecule has 2 aromatic carbocycles. The lowest BCUT2D eigenvalue weighted by atomic mass is 9.96. The van der Waals surface area contributed by atoms with Crippen LogP contribution in [0.3, 0.4) is 0 Å². The molecule has 0 amide bonds. The molecule has 2 aromatic heterocycles. The summed E-state index contributed by atoms with van der Waals surface area (Å²) >= 11 is 3.65. The van der Waals surface area contributed by atoms with Gasteiger partial charge in [-0.25, -0.2) is 0 Å². The summed E-state index contributed by atoms with van der Waals surface area (Å²) in [6, 6.07) is 20.8. The third-order valence-corrected chi connectivity index (χ3v) is 5.14. The highest BCUT2D eigenvalue weighted by Gasteiger charge is 2.21. The molecule has 1 atom stereocenters. The fourth-order valence-electron chi connectivity index (χ4n) is 3.28. The predicted octanol–water partition coefficient (Wildman–Crippen LogP) is 5.84. The molecule has 124 valence electrons. The normalized spacial score (nSPS) is 12.2. The van der Waals surface area contributed by atoms with E-state index in [1.54, 1.807) is 0 Å². The lowest BCUT2D eigenvalue weighted by Gasteiger charge is -2.22. The molecule has 0 fully saturated rings.